The number of nitrogens with one attached hydrogen (secondary N) is 1. The van der Waals surface area contributed by atoms with E-state index in [0.717, 1.165) is 18.7 Å². The molecule has 116 valence electrons. The molecule has 2 rings (SSSR count). The predicted molar refractivity (Wildman–Crippen MR) is 90.4 cm³/mol. The van der Waals surface area contributed by atoms with Gasteiger partial charge in [-0.1, -0.05) is 38.1 Å². The molecular formula is C17H26N2OS. The second-order valence-corrected chi connectivity index (χ2v) is 6.85. The molecule has 1 saturated heterocycles. The molecule has 1 aliphatic heterocycles. The normalized spacial score (nSPS) is 23.6. The Morgan fingerprint density at radius 2 is 2.00 bits per heavy atom. The van der Waals surface area contributed by atoms with E-state index in [9.17, 15) is 4.79 Å². The van der Waals surface area contributed by atoms with Gasteiger partial charge in [0.25, 0.3) is 0 Å². The Hall–Kier alpha value is -1.00. The number of carbonyl (C=O) groups excluding carboxylic acids is 1. The maximum Gasteiger partial charge on any atom is 0.241 e. The summed E-state index contributed by atoms with van der Waals surface area (Å²) in [5, 5.41) is 3.42. The SMILES string of the molecule is CCc1ccc(C2NC(C)C(=O)N2CC(C)CSC)cc1. The molecule has 3 unspecified atom stereocenters. The predicted octanol–water partition coefficient (Wildman–Crippen LogP) is 3.07. The molecule has 0 spiro atoms. The molecule has 0 aliphatic carbocycles. The van der Waals surface area contributed by atoms with E-state index < -0.39 is 0 Å². The van der Waals surface area contributed by atoms with Gasteiger partial charge in [-0.3, -0.25) is 10.1 Å². The van der Waals surface area contributed by atoms with E-state index in [0.29, 0.717) is 5.92 Å². The van der Waals surface area contributed by atoms with Gasteiger partial charge in [0.15, 0.2) is 0 Å². The van der Waals surface area contributed by atoms with Crippen molar-refractivity contribution >= 4 is 17.7 Å². The molecule has 1 heterocycles. The number of amides is 1. The molecular weight excluding hydrogens is 280 g/mol. The van der Waals surface area contributed by atoms with Crippen molar-refractivity contribution in [2.75, 3.05) is 18.6 Å². The van der Waals surface area contributed by atoms with Crippen LogP contribution >= 0.6 is 11.8 Å². The Kier molecular flexibility index (Phi) is 5.71. The fourth-order valence-corrected chi connectivity index (χ4v) is 3.53. The Bertz CT molecular complexity index is 474. The van der Waals surface area contributed by atoms with Crippen molar-refractivity contribution in [1.82, 2.24) is 10.2 Å². The van der Waals surface area contributed by atoms with Crippen LogP contribution in [0.25, 0.3) is 0 Å². The number of hydrogen-bond donors (Lipinski definition) is 1. The largest absolute Gasteiger partial charge is 0.321 e. The maximum absolute atomic E-state index is 12.4. The smallest absolute Gasteiger partial charge is 0.241 e. The standard InChI is InChI=1S/C17H26N2OS/c1-5-14-6-8-15(9-7-14)16-18-13(3)17(20)19(16)10-12(2)11-21-4/h6-9,12-13,16,18H,5,10-11H2,1-4H3. The van der Waals surface area contributed by atoms with E-state index in [2.05, 4.69) is 49.7 Å². The van der Waals surface area contributed by atoms with E-state index in [1.54, 1.807) is 0 Å². The first-order valence-corrected chi connectivity index (χ1v) is 9.10. The van der Waals surface area contributed by atoms with Crippen molar-refractivity contribution in [1.29, 1.82) is 0 Å². The first kappa shape index (κ1) is 16.4. The third kappa shape index (κ3) is 3.80. The number of nitrogens with zero attached hydrogens (tertiary/aromatic N) is 1. The average Bonchev–Trinajstić information content (AvgIpc) is 2.76. The van der Waals surface area contributed by atoms with Crippen LogP contribution in [0.4, 0.5) is 0 Å². The van der Waals surface area contributed by atoms with Crippen LogP contribution in [0.5, 0.6) is 0 Å². The van der Waals surface area contributed by atoms with E-state index in [-0.39, 0.29) is 18.1 Å². The number of thioether (sulfide) groups is 1. The topological polar surface area (TPSA) is 32.3 Å². The number of hydrogen-bond acceptors (Lipinski definition) is 3. The molecule has 1 aromatic rings. The number of aryl methyl sites for hydroxylation is 1. The molecule has 0 radical (unpaired) electrons. The van der Waals surface area contributed by atoms with Crippen molar-refractivity contribution in [3.8, 4) is 0 Å². The van der Waals surface area contributed by atoms with Gasteiger partial charge in [-0.25, -0.2) is 0 Å². The average molecular weight is 306 g/mol. The Morgan fingerprint density at radius 1 is 1.33 bits per heavy atom. The van der Waals surface area contributed by atoms with E-state index >= 15 is 0 Å². The maximum atomic E-state index is 12.4. The van der Waals surface area contributed by atoms with Gasteiger partial charge in [-0.15, -0.1) is 0 Å². The Labute approximate surface area is 132 Å². The van der Waals surface area contributed by atoms with Crippen LogP contribution in [0, 0.1) is 5.92 Å². The molecule has 4 heteroatoms. The van der Waals surface area contributed by atoms with Crippen LogP contribution in [-0.2, 0) is 11.2 Å². The van der Waals surface area contributed by atoms with E-state index in [1.165, 1.54) is 11.1 Å². The molecule has 1 aromatic carbocycles. The second-order valence-electron chi connectivity index (χ2n) is 5.94. The van der Waals surface area contributed by atoms with Crippen LogP contribution in [0.15, 0.2) is 24.3 Å². The molecule has 3 atom stereocenters. The third-order valence-corrected chi connectivity index (χ3v) is 4.94. The van der Waals surface area contributed by atoms with Gasteiger partial charge in [-0.2, -0.15) is 11.8 Å². The molecule has 1 amide bonds. The highest BCUT2D eigenvalue weighted by atomic mass is 32.2. The lowest BCUT2D eigenvalue weighted by Gasteiger charge is -2.27. The molecule has 21 heavy (non-hydrogen) atoms. The molecule has 1 N–H and O–H groups in total. The molecule has 0 bridgehead atoms. The van der Waals surface area contributed by atoms with Crippen molar-refractivity contribution in [2.45, 2.75) is 39.4 Å². The quantitative estimate of drug-likeness (QED) is 0.876. The van der Waals surface area contributed by atoms with Crippen molar-refractivity contribution < 1.29 is 4.79 Å². The van der Waals surface area contributed by atoms with Crippen LogP contribution in [0.2, 0.25) is 0 Å². The molecule has 0 aromatic heterocycles. The molecule has 0 saturated carbocycles. The minimum absolute atomic E-state index is 0.0164. The van der Waals surface area contributed by atoms with Crippen LogP contribution in [0.3, 0.4) is 0 Å². The van der Waals surface area contributed by atoms with Gasteiger partial charge in [0, 0.05) is 6.54 Å². The van der Waals surface area contributed by atoms with Gasteiger partial charge in [0.05, 0.1) is 6.04 Å². The minimum atomic E-state index is -0.0951. The minimum Gasteiger partial charge on any atom is -0.321 e. The lowest BCUT2D eigenvalue weighted by molar-refractivity contribution is -0.130. The Morgan fingerprint density at radius 3 is 2.57 bits per heavy atom. The molecule has 3 nitrogen and oxygen atoms in total. The monoisotopic (exact) mass is 306 g/mol. The fraction of sp³-hybridized carbons (Fsp3) is 0.588. The summed E-state index contributed by atoms with van der Waals surface area (Å²) < 4.78 is 0. The number of carbonyl (C=O) groups is 1. The fourth-order valence-electron chi connectivity index (χ4n) is 2.85. The molecule has 1 fully saturated rings. The third-order valence-electron chi connectivity index (χ3n) is 4.04. The van der Waals surface area contributed by atoms with Crippen LogP contribution < -0.4 is 5.32 Å². The van der Waals surface area contributed by atoms with Crippen molar-refractivity contribution in [2.24, 2.45) is 5.92 Å². The van der Waals surface area contributed by atoms with Gasteiger partial charge in [-0.05, 0) is 42.4 Å². The summed E-state index contributed by atoms with van der Waals surface area (Å²) in [6, 6.07) is 8.52. The van der Waals surface area contributed by atoms with Crippen molar-refractivity contribution in [3.63, 3.8) is 0 Å². The van der Waals surface area contributed by atoms with Crippen molar-refractivity contribution in [3.05, 3.63) is 35.4 Å². The van der Waals surface area contributed by atoms with Gasteiger partial charge < -0.3 is 4.90 Å². The highest BCUT2D eigenvalue weighted by Crippen LogP contribution is 2.27. The highest BCUT2D eigenvalue weighted by Gasteiger charge is 2.37. The summed E-state index contributed by atoms with van der Waals surface area (Å²) in [5.74, 6) is 1.81. The Balaban J connectivity index is 2.16. The van der Waals surface area contributed by atoms with Gasteiger partial charge >= 0.3 is 0 Å². The summed E-state index contributed by atoms with van der Waals surface area (Å²) in [6.07, 6.45) is 3.18. The second kappa shape index (κ2) is 7.32. The van der Waals surface area contributed by atoms with E-state index in [4.69, 9.17) is 0 Å². The lowest BCUT2D eigenvalue weighted by atomic mass is 10.1. The first-order chi connectivity index (χ1) is 10.1. The zero-order valence-electron chi connectivity index (χ0n) is 13.4. The summed E-state index contributed by atoms with van der Waals surface area (Å²) in [7, 11) is 0. The van der Waals surface area contributed by atoms with Crippen LogP contribution in [0.1, 0.15) is 38.1 Å². The molecule has 1 aliphatic rings. The zero-order chi connectivity index (χ0) is 15.4. The van der Waals surface area contributed by atoms with Crippen LogP contribution in [-0.4, -0.2) is 35.4 Å². The number of benzene rings is 1. The summed E-state index contributed by atoms with van der Waals surface area (Å²) in [5.41, 5.74) is 2.51. The summed E-state index contributed by atoms with van der Waals surface area (Å²) >= 11 is 1.84. The lowest BCUT2D eigenvalue weighted by Crippen LogP contribution is -2.35. The number of rotatable bonds is 6. The summed E-state index contributed by atoms with van der Waals surface area (Å²) in [6.45, 7) is 7.14. The summed E-state index contributed by atoms with van der Waals surface area (Å²) in [4.78, 5) is 14.4. The first-order valence-electron chi connectivity index (χ1n) is 7.71. The van der Waals surface area contributed by atoms with Gasteiger partial charge in [0.2, 0.25) is 5.91 Å². The van der Waals surface area contributed by atoms with E-state index in [1.807, 2.05) is 23.6 Å². The highest BCUT2D eigenvalue weighted by molar-refractivity contribution is 7.98. The van der Waals surface area contributed by atoms with Gasteiger partial charge in [0.1, 0.15) is 6.17 Å². The zero-order valence-corrected chi connectivity index (χ0v) is 14.2.